The molecule has 8 heteroatoms. The molecule has 0 bridgehead atoms. The summed E-state index contributed by atoms with van der Waals surface area (Å²) in [5.74, 6) is 1.23. The van der Waals surface area contributed by atoms with E-state index in [1.165, 1.54) is 0 Å². The monoisotopic (exact) mass is 340 g/mol. The molecule has 1 saturated heterocycles. The topological polar surface area (TPSA) is 88.4 Å². The van der Waals surface area contributed by atoms with E-state index in [0.29, 0.717) is 30.5 Å². The van der Waals surface area contributed by atoms with Crippen molar-refractivity contribution in [2.75, 3.05) is 13.7 Å². The van der Waals surface area contributed by atoms with Gasteiger partial charge in [0.05, 0.1) is 6.04 Å². The van der Waals surface area contributed by atoms with Crippen molar-refractivity contribution in [3.8, 4) is 0 Å². The number of hydrogen-bond donors (Lipinski definition) is 1. The molecular weight excluding hydrogens is 320 g/mol. The third-order valence-electron chi connectivity index (χ3n) is 4.47. The van der Waals surface area contributed by atoms with Gasteiger partial charge in [-0.3, -0.25) is 9.89 Å². The van der Waals surface area contributed by atoms with Crippen LogP contribution in [0.25, 0.3) is 5.65 Å². The first kappa shape index (κ1) is 15.8. The second-order valence-electron chi connectivity index (χ2n) is 6.18. The van der Waals surface area contributed by atoms with Crippen LogP contribution in [0.5, 0.6) is 0 Å². The average molecular weight is 340 g/mol. The molecule has 3 aromatic rings. The average Bonchev–Trinajstić information content (AvgIpc) is 3.28. The SMILES string of the molecule is COCc1nc(C2CCCCN2C(=O)c2cn3ccccc3n2)n[nH]1. The molecule has 1 atom stereocenters. The Hall–Kier alpha value is -2.74. The molecule has 0 aromatic carbocycles. The van der Waals surface area contributed by atoms with Gasteiger partial charge in [0.15, 0.2) is 11.6 Å². The number of carbonyl (C=O) groups is 1. The van der Waals surface area contributed by atoms with E-state index < -0.39 is 0 Å². The van der Waals surface area contributed by atoms with Gasteiger partial charge in [-0.25, -0.2) is 9.97 Å². The molecule has 4 rings (SSSR count). The van der Waals surface area contributed by atoms with E-state index in [2.05, 4.69) is 20.2 Å². The number of aromatic nitrogens is 5. The standard InChI is InChI=1S/C17H20N6O2/c1-25-11-14-19-16(21-20-14)13-6-2-5-9-23(13)17(24)12-10-22-8-4-3-7-15(22)18-12/h3-4,7-8,10,13H,2,5-6,9,11H2,1H3,(H,19,20,21). The summed E-state index contributed by atoms with van der Waals surface area (Å²) in [5.41, 5.74) is 1.21. The number of rotatable bonds is 4. The number of imidazole rings is 1. The lowest BCUT2D eigenvalue weighted by Crippen LogP contribution is -2.39. The smallest absolute Gasteiger partial charge is 0.274 e. The zero-order valence-corrected chi connectivity index (χ0v) is 14.1. The molecule has 4 heterocycles. The van der Waals surface area contributed by atoms with Crippen molar-refractivity contribution in [3.63, 3.8) is 0 Å². The van der Waals surface area contributed by atoms with Crippen molar-refractivity contribution >= 4 is 11.6 Å². The highest BCUT2D eigenvalue weighted by atomic mass is 16.5. The number of nitrogens with zero attached hydrogens (tertiary/aromatic N) is 5. The maximum atomic E-state index is 13.0. The first-order chi connectivity index (χ1) is 12.3. The van der Waals surface area contributed by atoms with Gasteiger partial charge in [0, 0.05) is 26.0 Å². The Labute approximate surface area is 144 Å². The Morgan fingerprint density at radius 2 is 2.28 bits per heavy atom. The van der Waals surface area contributed by atoms with Crippen molar-refractivity contribution in [2.45, 2.75) is 31.9 Å². The highest BCUT2D eigenvalue weighted by molar-refractivity contribution is 5.93. The lowest BCUT2D eigenvalue weighted by atomic mass is 10.0. The maximum Gasteiger partial charge on any atom is 0.274 e. The summed E-state index contributed by atoms with van der Waals surface area (Å²) in [7, 11) is 1.61. The van der Waals surface area contributed by atoms with Gasteiger partial charge in [-0.15, -0.1) is 0 Å². The van der Waals surface area contributed by atoms with Crippen molar-refractivity contribution in [2.24, 2.45) is 0 Å². The minimum absolute atomic E-state index is 0.0773. The zero-order valence-electron chi connectivity index (χ0n) is 14.1. The number of methoxy groups -OCH3 is 1. The van der Waals surface area contributed by atoms with Gasteiger partial charge < -0.3 is 14.0 Å². The largest absolute Gasteiger partial charge is 0.377 e. The second kappa shape index (κ2) is 6.64. The highest BCUT2D eigenvalue weighted by Gasteiger charge is 2.32. The number of likely N-dealkylation sites (tertiary alicyclic amines) is 1. The van der Waals surface area contributed by atoms with Crippen LogP contribution in [0.4, 0.5) is 0 Å². The van der Waals surface area contributed by atoms with Crippen LogP contribution >= 0.6 is 0 Å². The van der Waals surface area contributed by atoms with E-state index in [1.807, 2.05) is 33.7 Å². The van der Waals surface area contributed by atoms with Crippen LogP contribution in [0.3, 0.4) is 0 Å². The molecule has 1 N–H and O–H groups in total. The number of aromatic amines is 1. The lowest BCUT2D eigenvalue weighted by molar-refractivity contribution is 0.0594. The normalized spacial score (nSPS) is 18.0. The van der Waals surface area contributed by atoms with Gasteiger partial charge in [-0.1, -0.05) is 6.07 Å². The molecule has 0 radical (unpaired) electrons. The summed E-state index contributed by atoms with van der Waals surface area (Å²) >= 11 is 0. The molecular formula is C17H20N6O2. The number of fused-ring (bicyclic) bond motifs is 1. The van der Waals surface area contributed by atoms with Crippen LogP contribution in [0.2, 0.25) is 0 Å². The van der Waals surface area contributed by atoms with Gasteiger partial charge in [0.25, 0.3) is 5.91 Å². The third kappa shape index (κ3) is 3.00. The van der Waals surface area contributed by atoms with Crippen LogP contribution in [0, 0.1) is 0 Å². The summed E-state index contributed by atoms with van der Waals surface area (Å²) in [6, 6.07) is 5.58. The van der Waals surface area contributed by atoms with Crippen molar-refractivity contribution in [3.05, 3.63) is 47.9 Å². The maximum absolute atomic E-state index is 13.0. The molecule has 1 fully saturated rings. The number of hydrogen-bond acceptors (Lipinski definition) is 5. The van der Waals surface area contributed by atoms with E-state index in [-0.39, 0.29) is 11.9 Å². The molecule has 0 aliphatic carbocycles. The molecule has 0 spiro atoms. The number of nitrogens with one attached hydrogen (secondary N) is 1. The number of carbonyl (C=O) groups excluding carboxylic acids is 1. The molecule has 0 saturated carbocycles. The van der Waals surface area contributed by atoms with E-state index in [0.717, 1.165) is 24.9 Å². The molecule has 1 aliphatic rings. The molecule has 8 nitrogen and oxygen atoms in total. The minimum Gasteiger partial charge on any atom is -0.377 e. The molecule has 130 valence electrons. The van der Waals surface area contributed by atoms with Crippen LogP contribution in [0.15, 0.2) is 30.6 Å². The van der Waals surface area contributed by atoms with E-state index in [1.54, 1.807) is 13.3 Å². The number of amides is 1. The van der Waals surface area contributed by atoms with Crippen LogP contribution in [-0.4, -0.2) is 49.0 Å². The summed E-state index contributed by atoms with van der Waals surface area (Å²) in [4.78, 5) is 23.8. The van der Waals surface area contributed by atoms with Gasteiger partial charge >= 0.3 is 0 Å². The fraction of sp³-hybridized carbons (Fsp3) is 0.412. The van der Waals surface area contributed by atoms with E-state index >= 15 is 0 Å². The molecule has 1 aliphatic heterocycles. The zero-order chi connectivity index (χ0) is 17.2. The fourth-order valence-corrected chi connectivity index (χ4v) is 3.29. The van der Waals surface area contributed by atoms with Gasteiger partial charge in [-0.05, 0) is 31.4 Å². The molecule has 25 heavy (non-hydrogen) atoms. The Morgan fingerprint density at radius 1 is 1.36 bits per heavy atom. The van der Waals surface area contributed by atoms with Crippen molar-refractivity contribution < 1.29 is 9.53 Å². The summed E-state index contributed by atoms with van der Waals surface area (Å²) < 4.78 is 6.94. The van der Waals surface area contributed by atoms with Crippen LogP contribution < -0.4 is 0 Å². The lowest BCUT2D eigenvalue weighted by Gasteiger charge is -2.33. The minimum atomic E-state index is -0.132. The Kier molecular flexibility index (Phi) is 4.19. The number of pyridine rings is 1. The van der Waals surface area contributed by atoms with Crippen molar-refractivity contribution in [1.82, 2.24) is 29.5 Å². The second-order valence-corrected chi connectivity index (χ2v) is 6.18. The first-order valence-corrected chi connectivity index (χ1v) is 8.41. The van der Waals surface area contributed by atoms with Gasteiger partial charge in [-0.2, -0.15) is 5.10 Å². The summed E-state index contributed by atoms with van der Waals surface area (Å²) in [5, 5.41) is 7.17. The highest BCUT2D eigenvalue weighted by Crippen LogP contribution is 2.30. The fourth-order valence-electron chi connectivity index (χ4n) is 3.29. The predicted molar refractivity (Wildman–Crippen MR) is 89.9 cm³/mol. The number of ether oxygens (including phenoxy) is 1. The van der Waals surface area contributed by atoms with Crippen LogP contribution in [0.1, 0.15) is 47.4 Å². The first-order valence-electron chi connectivity index (χ1n) is 8.41. The van der Waals surface area contributed by atoms with Gasteiger partial charge in [0.2, 0.25) is 0 Å². The van der Waals surface area contributed by atoms with Crippen molar-refractivity contribution in [1.29, 1.82) is 0 Å². The van der Waals surface area contributed by atoms with E-state index in [9.17, 15) is 4.79 Å². The van der Waals surface area contributed by atoms with Gasteiger partial charge in [0.1, 0.15) is 17.9 Å². The molecule has 1 unspecified atom stereocenters. The number of H-pyrrole nitrogens is 1. The molecule has 3 aromatic heterocycles. The quantitative estimate of drug-likeness (QED) is 0.784. The summed E-state index contributed by atoms with van der Waals surface area (Å²) in [6.45, 7) is 1.06. The Morgan fingerprint density at radius 3 is 3.12 bits per heavy atom. The number of piperidine rings is 1. The summed E-state index contributed by atoms with van der Waals surface area (Å²) in [6.07, 6.45) is 6.54. The van der Waals surface area contributed by atoms with E-state index in [4.69, 9.17) is 4.74 Å². The Balaban J connectivity index is 1.62. The third-order valence-corrected chi connectivity index (χ3v) is 4.47. The Bertz CT molecular complexity index is 853. The molecule has 1 amide bonds. The van der Waals surface area contributed by atoms with Crippen LogP contribution in [-0.2, 0) is 11.3 Å². The predicted octanol–water partition coefficient (Wildman–Crippen LogP) is 1.97.